The van der Waals surface area contributed by atoms with E-state index in [2.05, 4.69) is 35.8 Å². The smallest absolute Gasteiger partial charge is 0.237 e. The number of hydrogen-bond donors (Lipinski definition) is 1. The summed E-state index contributed by atoms with van der Waals surface area (Å²) in [5, 5.41) is 5.42. The van der Waals surface area contributed by atoms with Crippen molar-refractivity contribution in [3.8, 4) is 5.75 Å². The summed E-state index contributed by atoms with van der Waals surface area (Å²) in [6, 6.07) is 10.2. The molecule has 0 fully saturated rings. The van der Waals surface area contributed by atoms with Crippen LogP contribution in [-0.2, 0) is 11.2 Å². The second-order valence-corrected chi connectivity index (χ2v) is 7.34. The molecule has 1 atom stereocenters. The average Bonchev–Trinajstić information content (AvgIpc) is 3.13. The summed E-state index contributed by atoms with van der Waals surface area (Å²) in [6.45, 7) is 4.24. The predicted molar refractivity (Wildman–Crippen MR) is 102 cm³/mol. The first-order chi connectivity index (χ1) is 12.2. The fraction of sp³-hybridized carbons (Fsp3) is 0.450. The highest BCUT2D eigenvalue weighted by Gasteiger charge is 2.32. The van der Waals surface area contributed by atoms with E-state index in [1.54, 1.807) is 18.4 Å². The minimum Gasteiger partial charge on any atom is -0.497 e. The Hall–Kier alpha value is -1.85. The van der Waals surface area contributed by atoms with E-state index < -0.39 is 0 Å². The van der Waals surface area contributed by atoms with E-state index in [1.807, 2.05) is 17.0 Å². The third-order valence-electron chi connectivity index (χ3n) is 4.70. The van der Waals surface area contributed by atoms with Gasteiger partial charge in [-0.2, -0.15) is 0 Å². The molecule has 0 unspecified atom stereocenters. The lowest BCUT2D eigenvalue weighted by molar-refractivity contribution is -0.132. The summed E-state index contributed by atoms with van der Waals surface area (Å²) < 4.78 is 5.27. The number of methoxy groups -OCH3 is 1. The molecule has 1 aromatic heterocycles. The standard InChI is InChI=1S/C20H26N2O2S/c1-3-4-11-21-14-19(23)22-12-9-18-17(10-13-25-18)20(22)15-5-7-16(24-2)8-6-15/h5-8,10,13,20-21H,3-4,9,11-12,14H2,1-2H3/t20-/m0/s1. The molecule has 25 heavy (non-hydrogen) atoms. The first-order valence-electron chi connectivity index (χ1n) is 8.95. The lowest BCUT2D eigenvalue weighted by atomic mass is 9.93. The van der Waals surface area contributed by atoms with Gasteiger partial charge in [-0.1, -0.05) is 25.5 Å². The number of amides is 1. The number of hydrogen-bond acceptors (Lipinski definition) is 4. The first kappa shape index (κ1) is 18.0. The molecule has 0 bridgehead atoms. The number of thiophene rings is 1. The van der Waals surface area contributed by atoms with E-state index in [0.29, 0.717) is 6.54 Å². The van der Waals surface area contributed by atoms with Crippen molar-refractivity contribution in [2.75, 3.05) is 26.7 Å². The van der Waals surface area contributed by atoms with Crippen LogP contribution in [0.2, 0.25) is 0 Å². The van der Waals surface area contributed by atoms with Crippen molar-refractivity contribution >= 4 is 17.2 Å². The molecule has 1 aliphatic heterocycles. The molecule has 2 heterocycles. The molecule has 1 aromatic carbocycles. The van der Waals surface area contributed by atoms with Crippen LogP contribution in [0.25, 0.3) is 0 Å². The molecule has 134 valence electrons. The average molecular weight is 359 g/mol. The molecule has 2 aromatic rings. The summed E-state index contributed by atoms with van der Waals surface area (Å²) in [4.78, 5) is 16.3. The van der Waals surface area contributed by atoms with E-state index in [9.17, 15) is 4.79 Å². The molecule has 5 heteroatoms. The minimum atomic E-state index is 0.00128. The van der Waals surface area contributed by atoms with Crippen molar-refractivity contribution in [1.82, 2.24) is 10.2 Å². The van der Waals surface area contributed by atoms with E-state index in [0.717, 1.165) is 43.7 Å². The zero-order chi connectivity index (χ0) is 17.6. The lowest BCUT2D eigenvalue weighted by Gasteiger charge is -2.36. The summed E-state index contributed by atoms with van der Waals surface area (Å²) in [5.41, 5.74) is 2.41. The van der Waals surface area contributed by atoms with Gasteiger partial charge in [-0.05, 0) is 54.1 Å². The maximum absolute atomic E-state index is 12.8. The SMILES string of the molecule is CCCCNCC(=O)N1CCc2sccc2[C@@H]1c1ccc(OC)cc1. The van der Waals surface area contributed by atoms with Gasteiger partial charge in [0, 0.05) is 11.4 Å². The number of carbonyl (C=O) groups is 1. The van der Waals surface area contributed by atoms with E-state index >= 15 is 0 Å². The van der Waals surface area contributed by atoms with Crippen molar-refractivity contribution in [3.05, 3.63) is 51.7 Å². The number of benzene rings is 1. The van der Waals surface area contributed by atoms with Crippen LogP contribution in [0.3, 0.4) is 0 Å². The van der Waals surface area contributed by atoms with Crippen LogP contribution >= 0.6 is 11.3 Å². The van der Waals surface area contributed by atoms with Gasteiger partial charge < -0.3 is 15.0 Å². The van der Waals surface area contributed by atoms with Crippen LogP contribution in [0.15, 0.2) is 35.7 Å². The van der Waals surface area contributed by atoms with Gasteiger partial charge in [-0.3, -0.25) is 4.79 Å². The van der Waals surface area contributed by atoms with Gasteiger partial charge in [0.15, 0.2) is 0 Å². The van der Waals surface area contributed by atoms with Crippen LogP contribution in [0.5, 0.6) is 5.75 Å². The molecule has 0 saturated carbocycles. The van der Waals surface area contributed by atoms with E-state index in [1.165, 1.54) is 10.4 Å². The fourth-order valence-electron chi connectivity index (χ4n) is 3.33. The second-order valence-electron chi connectivity index (χ2n) is 6.34. The predicted octanol–water partition coefficient (Wildman–Crippen LogP) is 3.62. The summed E-state index contributed by atoms with van der Waals surface area (Å²) in [6.07, 6.45) is 3.18. The largest absolute Gasteiger partial charge is 0.497 e. The molecule has 1 N–H and O–H groups in total. The number of nitrogens with one attached hydrogen (secondary N) is 1. The Morgan fingerprint density at radius 3 is 2.84 bits per heavy atom. The highest BCUT2D eigenvalue weighted by molar-refractivity contribution is 7.10. The number of ether oxygens (including phenoxy) is 1. The number of nitrogens with zero attached hydrogens (tertiary/aromatic N) is 1. The Labute approximate surface area is 153 Å². The molecule has 3 rings (SSSR count). The number of carbonyl (C=O) groups excluding carboxylic acids is 1. The summed E-state index contributed by atoms with van der Waals surface area (Å²) >= 11 is 1.79. The van der Waals surface area contributed by atoms with Crippen molar-refractivity contribution in [1.29, 1.82) is 0 Å². The first-order valence-corrected chi connectivity index (χ1v) is 9.83. The Kier molecular flexibility index (Phi) is 6.10. The molecule has 0 radical (unpaired) electrons. The molecule has 1 aliphatic rings. The van der Waals surface area contributed by atoms with Crippen LogP contribution in [0.1, 0.15) is 41.8 Å². The van der Waals surface area contributed by atoms with Gasteiger partial charge in [-0.15, -0.1) is 11.3 Å². The highest BCUT2D eigenvalue weighted by Crippen LogP contribution is 2.38. The van der Waals surface area contributed by atoms with Crippen LogP contribution in [0, 0.1) is 0 Å². The number of fused-ring (bicyclic) bond motifs is 1. The van der Waals surface area contributed by atoms with Crippen LogP contribution in [0.4, 0.5) is 0 Å². The zero-order valence-electron chi connectivity index (χ0n) is 15.0. The molecule has 0 saturated heterocycles. The lowest BCUT2D eigenvalue weighted by Crippen LogP contribution is -2.44. The Morgan fingerprint density at radius 1 is 1.32 bits per heavy atom. The Morgan fingerprint density at radius 2 is 2.12 bits per heavy atom. The molecular formula is C20H26N2O2S. The molecule has 4 nitrogen and oxygen atoms in total. The van der Waals surface area contributed by atoms with E-state index in [-0.39, 0.29) is 11.9 Å². The van der Waals surface area contributed by atoms with E-state index in [4.69, 9.17) is 4.74 Å². The Bertz CT molecular complexity index is 696. The number of unbranched alkanes of at least 4 members (excludes halogenated alkanes) is 1. The fourth-order valence-corrected chi connectivity index (χ4v) is 4.23. The van der Waals surface area contributed by atoms with Crippen molar-refractivity contribution in [3.63, 3.8) is 0 Å². The van der Waals surface area contributed by atoms with Crippen LogP contribution < -0.4 is 10.1 Å². The zero-order valence-corrected chi connectivity index (χ0v) is 15.8. The summed E-state index contributed by atoms with van der Waals surface area (Å²) in [5.74, 6) is 1.01. The third-order valence-corrected chi connectivity index (χ3v) is 5.70. The van der Waals surface area contributed by atoms with Gasteiger partial charge in [0.25, 0.3) is 0 Å². The Balaban J connectivity index is 1.82. The second kappa shape index (κ2) is 8.50. The van der Waals surface area contributed by atoms with Gasteiger partial charge >= 0.3 is 0 Å². The topological polar surface area (TPSA) is 41.6 Å². The molecule has 0 spiro atoms. The minimum absolute atomic E-state index is 0.00128. The van der Waals surface area contributed by atoms with Gasteiger partial charge in [0.05, 0.1) is 19.7 Å². The monoisotopic (exact) mass is 358 g/mol. The quantitative estimate of drug-likeness (QED) is 0.769. The molecular weight excluding hydrogens is 332 g/mol. The normalized spacial score (nSPS) is 16.6. The van der Waals surface area contributed by atoms with Gasteiger partial charge in [0.2, 0.25) is 5.91 Å². The molecule has 1 amide bonds. The highest BCUT2D eigenvalue weighted by atomic mass is 32.1. The van der Waals surface area contributed by atoms with Crippen LogP contribution in [-0.4, -0.2) is 37.6 Å². The third kappa shape index (κ3) is 4.05. The maximum Gasteiger partial charge on any atom is 0.237 e. The molecule has 0 aliphatic carbocycles. The van der Waals surface area contributed by atoms with Crippen molar-refractivity contribution < 1.29 is 9.53 Å². The maximum atomic E-state index is 12.8. The number of rotatable bonds is 7. The van der Waals surface area contributed by atoms with Gasteiger partial charge in [0.1, 0.15) is 5.75 Å². The van der Waals surface area contributed by atoms with Crippen molar-refractivity contribution in [2.45, 2.75) is 32.2 Å². The van der Waals surface area contributed by atoms with Gasteiger partial charge in [-0.25, -0.2) is 0 Å². The summed E-state index contributed by atoms with van der Waals surface area (Å²) in [7, 11) is 1.67. The van der Waals surface area contributed by atoms with Crippen molar-refractivity contribution in [2.24, 2.45) is 0 Å².